The molecule has 0 fully saturated rings. The van der Waals surface area contributed by atoms with Gasteiger partial charge < -0.3 is 10.8 Å². The van der Waals surface area contributed by atoms with Crippen LogP contribution in [0.15, 0.2) is 21.9 Å². The van der Waals surface area contributed by atoms with Gasteiger partial charge in [0.25, 0.3) is 5.56 Å². The van der Waals surface area contributed by atoms with E-state index in [0.29, 0.717) is 4.57 Å². The SMILES string of the molecule is NCn1ccc(=O)n(CC(=O)O)c1=O. The lowest BCUT2D eigenvalue weighted by atomic mass is 10.5. The van der Waals surface area contributed by atoms with Gasteiger partial charge in [-0.15, -0.1) is 0 Å². The number of nitrogens with two attached hydrogens (primary N) is 1. The van der Waals surface area contributed by atoms with E-state index in [4.69, 9.17) is 10.8 Å². The van der Waals surface area contributed by atoms with Crippen molar-refractivity contribution in [3.8, 4) is 0 Å². The Bertz CT molecular complexity index is 459. The molecule has 0 spiro atoms. The minimum absolute atomic E-state index is 0.0985. The summed E-state index contributed by atoms with van der Waals surface area (Å²) in [5.41, 5.74) is 3.83. The molecule has 0 aliphatic carbocycles. The molecule has 76 valence electrons. The van der Waals surface area contributed by atoms with Gasteiger partial charge in [-0.3, -0.25) is 14.2 Å². The number of rotatable bonds is 3. The number of hydrogen-bond donors (Lipinski definition) is 2. The number of carbonyl (C=O) groups is 1. The lowest BCUT2D eigenvalue weighted by molar-refractivity contribution is -0.137. The van der Waals surface area contributed by atoms with Crippen molar-refractivity contribution >= 4 is 5.97 Å². The molecule has 0 saturated heterocycles. The lowest BCUT2D eigenvalue weighted by Gasteiger charge is -2.04. The molecule has 7 heteroatoms. The first-order valence-electron chi connectivity index (χ1n) is 3.78. The van der Waals surface area contributed by atoms with Crippen LogP contribution in [0.2, 0.25) is 0 Å². The first kappa shape index (κ1) is 10.2. The zero-order chi connectivity index (χ0) is 10.7. The molecule has 0 aromatic carbocycles. The Kier molecular flexibility index (Phi) is 2.82. The summed E-state index contributed by atoms with van der Waals surface area (Å²) < 4.78 is 1.65. The van der Waals surface area contributed by atoms with Gasteiger partial charge in [-0.1, -0.05) is 0 Å². The third-order valence-electron chi connectivity index (χ3n) is 1.63. The number of aliphatic carboxylic acids is 1. The lowest BCUT2D eigenvalue weighted by Crippen LogP contribution is -2.41. The molecule has 0 radical (unpaired) electrons. The van der Waals surface area contributed by atoms with Gasteiger partial charge in [-0.25, -0.2) is 9.36 Å². The standard InChI is InChI=1S/C7H9N3O4/c8-4-9-2-1-5(11)10(7(9)14)3-6(12)13/h1-2H,3-4,8H2,(H,12,13). The van der Waals surface area contributed by atoms with Gasteiger partial charge in [0.05, 0.1) is 6.67 Å². The quantitative estimate of drug-likeness (QED) is 0.586. The number of nitrogens with zero attached hydrogens (tertiary/aromatic N) is 2. The normalized spacial score (nSPS) is 10.1. The highest BCUT2D eigenvalue weighted by atomic mass is 16.4. The summed E-state index contributed by atoms with van der Waals surface area (Å²) in [6.07, 6.45) is 1.23. The molecule has 1 rings (SSSR count). The van der Waals surface area contributed by atoms with E-state index in [2.05, 4.69) is 0 Å². The average Bonchev–Trinajstić information content (AvgIpc) is 2.12. The molecule has 0 atom stereocenters. The van der Waals surface area contributed by atoms with E-state index in [1.807, 2.05) is 0 Å². The Morgan fingerprint density at radius 3 is 2.64 bits per heavy atom. The van der Waals surface area contributed by atoms with Crippen LogP contribution in [0.5, 0.6) is 0 Å². The predicted octanol–water partition coefficient (Wildman–Crippen LogP) is -1.99. The Morgan fingerprint density at radius 2 is 2.14 bits per heavy atom. The van der Waals surface area contributed by atoms with Crippen molar-refractivity contribution in [1.29, 1.82) is 0 Å². The molecule has 1 aromatic rings. The predicted molar refractivity (Wildman–Crippen MR) is 46.8 cm³/mol. The molecule has 0 unspecified atom stereocenters. The van der Waals surface area contributed by atoms with Gasteiger partial charge in [0, 0.05) is 12.3 Å². The highest BCUT2D eigenvalue weighted by Crippen LogP contribution is 1.76. The number of carboxylic acid groups (broad SMARTS) is 1. The van der Waals surface area contributed by atoms with Crippen LogP contribution in [0.4, 0.5) is 0 Å². The van der Waals surface area contributed by atoms with Crippen molar-refractivity contribution in [3.63, 3.8) is 0 Å². The largest absolute Gasteiger partial charge is 0.480 e. The van der Waals surface area contributed by atoms with Gasteiger partial charge in [0.1, 0.15) is 6.54 Å². The molecular formula is C7H9N3O4. The van der Waals surface area contributed by atoms with E-state index in [1.54, 1.807) is 0 Å². The van der Waals surface area contributed by atoms with Gasteiger partial charge in [-0.05, 0) is 0 Å². The zero-order valence-electron chi connectivity index (χ0n) is 7.21. The first-order valence-corrected chi connectivity index (χ1v) is 3.78. The van der Waals surface area contributed by atoms with Crippen molar-refractivity contribution in [1.82, 2.24) is 9.13 Å². The van der Waals surface area contributed by atoms with Crippen LogP contribution in [-0.2, 0) is 18.0 Å². The molecule has 1 aromatic heterocycles. The van der Waals surface area contributed by atoms with Gasteiger partial charge in [0.2, 0.25) is 0 Å². The molecule has 0 aliphatic rings. The van der Waals surface area contributed by atoms with Gasteiger partial charge in [0.15, 0.2) is 0 Å². The Balaban J connectivity index is 3.33. The van der Waals surface area contributed by atoms with Gasteiger partial charge >= 0.3 is 11.7 Å². The number of carboxylic acids is 1. The van der Waals surface area contributed by atoms with Crippen molar-refractivity contribution in [3.05, 3.63) is 33.1 Å². The monoisotopic (exact) mass is 199 g/mol. The second kappa shape index (κ2) is 3.88. The number of aromatic nitrogens is 2. The van der Waals surface area contributed by atoms with Crippen molar-refractivity contribution in [2.45, 2.75) is 13.2 Å². The van der Waals surface area contributed by atoms with E-state index >= 15 is 0 Å². The maximum absolute atomic E-state index is 11.3. The zero-order valence-corrected chi connectivity index (χ0v) is 7.21. The van der Waals surface area contributed by atoms with E-state index in [9.17, 15) is 14.4 Å². The third kappa shape index (κ3) is 1.88. The molecule has 3 N–H and O–H groups in total. The van der Waals surface area contributed by atoms with E-state index in [1.165, 1.54) is 6.20 Å². The average molecular weight is 199 g/mol. The van der Waals surface area contributed by atoms with Crippen LogP contribution in [0, 0.1) is 0 Å². The van der Waals surface area contributed by atoms with Crippen molar-refractivity contribution < 1.29 is 9.90 Å². The van der Waals surface area contributed by atoms with Crippen LogP contribution < -0.4 is 17.0 Å². The fraction of sp³-hybridized carbons (Fsp3) is 0.286. The van der Waals surface area contributed by atoms with Crippen LogP contribution in [0.25, 0.3) is 0 Å². The maximum Gasteiger partial charge on any atom is 0.332 e. The van der Waals surface area contributed by atoms with E-state index in [0.717, 1.165) is 10.6 Å². The highest BCUT2D eigenvalue weighted by Gasteiger charge is 2.07. The molecule has 0 saturated carbocycles. The van der Waals surface area contributed by atoms with E-state index in [-0.39, 0.29) is 6.67 Å². The summed E-state index contributed by atoms with van der Waals surface area (Å²) in [6, 6.07) is 1.09. The summed E-state index contributed by atoms with van der Waals surface area (Å²) in [7, 11) is 0. The smallest absolute Gasteiger partial charge is 0.332 e. The van der Waals surface area contributed by atoms with Crippen LogP contribution in [-0.4, -0.2) is 20.2 Å². The molecule has 7 nitrogen and oxygen atoms in total. The topological polar surface area (TPSA) is 107 Å². The van der Waals surface area contributed by atoms with Crippen molar-refractivity contribution in [2.24, 2.45) is 5.73 Å². The fourth-order valence-corrected chi connectivity index (χ4v) is 0.977. The summed E-state index contributed by atoms with van der Waals surface area (Å²) in [5.74, 6) is -1.25. The Labute approximate surface area is 78.0 Å². The Hall–Kier alpha value is -1.89. The minimum atomic E-state index is -1.25. The summed E-state index contributed by atoms with van der Waals surface area (Å²) in [6.45, 7) is -0.753. The molecule has 0 bridgehead atoms. The molecule has 1 heterocycles. The second-order valence-electron chi connectivity index (χ2n) is 2.57. The molecule has 0 amide bonds. The first-order chi connectivity index (χ1) is 6.56. The maximum atomic E-state index is 11.3. The fourth-order valence-electron chi connectivity index (χ4n) is 0.977. The van der Waals surface area contributed by atoms with Gasteiger partial charge in [-0.2, -0.15) is 0 Å². The second-order valence-corrected chi connectivity index (χ2v) is 2.57. The Morgan fingerprint density at radius 1 is 1.50 bits per heavy atom. The number of hydrogen-bond acceptors (Lipinski definition) is 4. The molecule has 0 aliphatic heterocycles. The van der Waals surface area contributed by atoms with Crippen LogP contribution >= 0.6 is 0 Å². The van der Waals surface area contributed by atoms with Crippen LogP contribution in [0.1, 0.15) is 0 Å². The van der Waals surface area contributed by atoms with Crippen molar-refractivity contribution in [2.75, 3.05) is 0 Å². The summed E-state index contributed by atoms with van der Waals surface area (Å²) in [5, 5.41) is 8.44. The summed E-state index contributed by atoms with van der Waals surface area (Å²) in [4.78, 5) is 32.8. The highest BCUT2D eigenvalue weighted by molar-refractivity contribution is 5.66. The molecular weight excluding hydrogens is 190 g/mol. The third-order valence-corrected chi connectivity index (χ3v) is 1.63. The minimum Gasteiger partial charge on any atom is -0.480 e. The molecule has 14 heavy (non-hydrogen) atoms. The van der Waals surface area contributed by atoms with Crippen LogP contribution in [0.3, 0.4) is 0 Å². The van der Waals surface area contributed by atoms with E-state index < -0.39 is 23.8 Å². The summed E-state index contributed by atoms with van der Waals surface area (Å²) >= 11 is 0.